The van der Waals surface area contributed by atoms with Gasteiger partial charge in [0.25, 0.3) is 5.56 Å². The summed E-state index contributed by atoms with van der Waals surface area (Å²) in [4.78, 5) is 13.0. The lowest BCUT2D eigenvalue weighted by atomic mass is 10.3. The van der Waals surface area contributed by atoms with Crippen LogP contribution in [0, 0.1) is 0 Å². The molecule has 0 aromatic carbocycles. The number of rotatable bonds is 1. The summed E-state index contributed by atoms with van der Waals surface area (Å²) >= 11 is 0. The van der Waals surface area contributed by atoms with E-state index in [9.17, 15) is 13.2 Å². The average molecular weight is 243 g/mol. The highest BCUT2D eigenvalue weighted by Gasteiger charge is 2.28. The first kappa shape index (κ1) is 11.1. The van der Waals surface area contributed by atoms with Crippen molar-refractivity contribution >= 4 is 15.5 Å². The summed E-state index contributed by atoms with van der Waals surface area (Å²) in [6, 6.07) is 1.31. The summed E-state index contributed by atoms with van der Waals surface area (Å²) < 4.78 is 22.8. The zero-order chi connectivity index (χ0) is 11.8. The van der Waals surface area contributed by atoms with Crippen molar-refractivity contribution < 1.29 is 8.42 Å². The van der Waals surface area contributed by atoms with E-state index in [-0.39, 0.29) is 23.1 Å². The fourth-order valence-corrected chi connectivity index (χ4v) is 3.46. The third-order valence-corrected chi connectivity index (χ3v) is 4.45. The number of anilines is 1. The van der Waals surface area contributed by atoms with Crippen molar-refractivity contribution in [3.63, 3.8) is 0 Å². The quantitative estimate of drug-likeness (QED) is 0.711. The van der Waals surface area contributed by atoms with Crippen LogP contribution in [-0.4, -0.2) is 42.7 Å². The van der Waals surface area contributed by atoms with E-state index < -0.39 is 9.84 Å². The second kappa shape index (κ2) is 3.89. The second-order valence-electron chi connectivity index (χ2n) is 3.96. The van der Waals surface area contributed by atoms with Gasteiger partial charge in [-0.2, -0.15) is 5.10 Å². The smallest absolute Gasteiger partial charge is 0.266 e. The molecule has 88 valence electrons. The van der Waals surface area contributed by atoms with E-state index in [2.05, 4.69) is 10.2 Å². The maximum atomic E-state index is 11.4. The van der Waals surface area contributed by atoms with Crippen LogP contribution in [0.2, 0.25) is 0 Å². The summed E-state index contributed by atoms with van der Waals surface area (Å²) in [5.74, 6) is 0.254. The van der Waals surface area contributed by atoms with Crippen molar-refractivity contribution in [1.82, 2.24) is 10.2 Å². The van der Waals surface area contributed by atoms with Crippen molar-refractivity contribution in [2.75, 3.05) is 23.0 Å². The highest BCUT2D eigenvalue weighted by atomic mass is 32.2. The van der Waals surface area contributed by atoms with Crippen LogP contribution in [0.4, 0.5) is 5.69 Å². The van der Waals surface area contributed by atoms with Gasteiger partial charge in [-0.3, -0.25) is 4.79 Å². The Labute approximate surface area is 93.2 Å². The fraction of sp³-hybridized carbons (Fsp3) is 0.556. The van der Waals surface area contributed by atoms with Crippen molar-refractivity contribution in [1.29, 1.82) is 0 Å². The Kier molecular flexibility index (Phi) is 2.71. The van der Waals surface area contributed by atoms with Gasteiger partial charge in [0.05, 0.1) is 23.4 Å². The summed E-state index contributed by atoms with van der Waals surface area (Å²) in [5, 5.41) is 5.99. The highest BCUT2D eigenvalue weighted by molar-refractivity contribution is 7.91. The molecule has 1 saturated heterocycles. The Morgan fingerprint density at radius 3 is 2.94 bits per heavy atom. The molecule has 0 aliphatic carbocycles. The number of aromatic nitrogens is 2. The molecule has 0 amide bonds. The Bertz CT molecular complexity index is 537. The molecule has 6 nitrogen and oxygen atoms in total. The molecule has 1 aromatic rings. The Morgan fingerprint density at radius 2 is 2.31 bits per heavy atom. The summed E-state index contributed by atoms with van der Waals surface area (Å²) in [6.45, 7) is 2.24. The first-order valence-corrected chi connectivity index (χ1v) is 6.82. The van der Waals surface area contributed by atoms with Crippen molar-refractivity contribution in [3.8, 4) is 0 Å². The molecule has 0 bridgehead atoms. The predicted octanol–water partition coefficient (Wildman–Crippen LogP) is -0.607. The molecule has 1 aliphatic rings. The molecule has 1 fully saturated rings. The average Bonchev–Trinajstić information content (AvgIpc) is 2.15. The molecule has 1 unspecified atom stereocenters. The van der Waals surface area contributed by atoms with Crippen LogP contribution >= 0.6 is 0 Å². The van der Waals surface area contributed by atoms with E-state index in [4.69, 9.17) is 0 Å². The molecule has 1 atom stereocenters. The minimum Gasteiger partial charge on any atom is -0.365 e. The van der Waals surface area contributed by atoms with Gasteiger partial charge >= 0.3 is 0 Å². The number of H-pyrrole nitrogens is 1. The number of aromatic amines is 1. The minimum absolute atomic E-state index is 0.123. The first-order valence-electron chi connectivity index (χ1n) is 5.00. The van der Waals surface area contributed by atoms with Crippen molar-refractivity contribution in [2.45, 2.75) is 13.0 Å². The van der Waals surface area contributed by atoms with Crippen molar-refractivity contribution in [3.05, 3.63) is 22.6 Å². The molecular formula is C9H13N3O3S. The molecule has 16 heavy (non-hydrogen) atoms. The SMILES string of the molecule is CC1CS(=O)(=O)CCN1c1cn[nH]c(=O)c1. The summed E-state index contributed by atoms with van der Waals surface area (Å²) in [5.41, 5.74) is 0.393. The standard InChI is InChI=1S/C9H13N3O3S/c1-7-6-16(14,15)3-2-12(7)8-4-9(13)11-10-5-8/h4-5,7H,2-3,6H2,1H3,(H,11,13). The lowest BCUT2D eigenvalue weighted by Gasteiger charge is -2.34. The molecular weight excluding hydrogens is 230 g/mol. The van der Waals surface area contributed by atoms with E-state index in [1.54, 1.807) is 0 Å². The molecule has 0 saturated carbocycles. The molecule has 1 N–H and O–H groups in total. The van der Waals surface area contributed by atoms with Crippen LogP contribution in [-0.2, 0) is 9.84 Å². The molecule has 2 heterocycles. The number of hydrogen-bond donors (Lipinski definition) is 1. The third kappa shape index (κ3) is 2.24. The van der Waals surface area contributed by atoms with E-state index in [1.165, 1.54) is 12.3 Å². The number of hydrogen-bond acceptors (Lipinski definition) is 5. The summed E-state index contributed by atoms with van der Waals surface area (Å²) in [7, 11) is -2.93. The minimum atomic E-state index is -2.93. The van der Waals surface area contributed by atoms with Crippen LogP contribution in [0.1, 0.15) is 6.92 Å². The van der Waals surface area contributed by atoms with E-state index in [1.807, 2.05) is 11.8 Å². The van der Waals surface area contributed by atoms with Gasteiger partial charge in [0.2, 0.25) is 0 Å². The lowest BCUT2D eigenvalue weighted by molar-refractivity contribution is 0.568. The first-order chi connectivity index (χ1) is 7.48. The topological polar surface area (TPSA) is 83.1 Å². The number of sulfone groups is 1. The molecule has 1 aromatic heterocycles. The fourth-order valence-electron chi connectivity index (χ4n) is 1.91. The van der Waals surface area contributed by atoms with Crippen LogP contribution in [0.5, 0.6) is 0 Å². The third-order valence-electron chi connectivity index (χ3n) is 2.65. The maximum Gasteiger partial charge on any atom is 0.266 e. The van der Waals surface area contributed by atoms with Gasteiger partial charge in [-0.05, 0) is 6.92 Å². The van der Waals surface area contributed by atoms with Gasteiger partial charge in [0.15, 0.2) is 9.84 Å². The van der Waals surface area contributed by atoms with Gasteiger partial charge in [-0.1, -0.05) is 0 Å². The zero-order valence-corrected chi connectivity index (χ0v) is 9.70. The van der Waals surface area contributed by atoms with Gasteiger partial charge < -0.3 is 4.90 Å². The van der Waals surface area contributed by atoms with Crippen molar-refractivity contribution in [2.24, 2.45) is 0 Å². The Hall–Kier alpha value is -1.37. The zero-order valence-electron chi connectivity index (χ0n) is 8.88. The molecule has 0 spiro atoms. The normalized spacial score (nSPS) is 24.3. The van der Waals surface area contributed by atoms with Gasteiger partial charge in [0.1, 0.15) is 0 Å². The number of nitrogens with zero attached hydrogens (tertiary/aromatic N) is 2. The highest BCUT2D eigenvalue weighted by Crippen LogP contribution is 2.18. The van der Waals surface area contributed by atoms with Gasteiger partial charge in [-0.25, -0.2) is 13.5 Å². The number of nitrogens with one attached hydrogen (secondary N) is 1. The van der Waals surface area contributed by atoms with Crippen LogP contribution in [0.3, 0.4) is 0 Å². The molecule has 1 aliphatic heterocycles. The monoisotopic (exact) mass is 243 g/mol. The second-order valence-corrected chi connectivity index (χ2v) is 6.19. The largest absolute Gasteiger partial charge is 0.365 e. The Balaban J connectivity index is 2.27. The Morgan fingerprint density at radius 1 is 1.56 bits per heavy atom. The molecule has 2 rings (SSSR count). The predicted molar refractivity (Wildman–Crippen MR) is 60.3 cm³/mol. The van der Waals surface area contributed by atoms with Gasteiger partial charge in [0, 0.05) is 18.7 Å². The van der Waals surface area contributed by atoms with E-state index in [0.717, 1.165) is 0 Å². The van der Waals surface area contributed by atoms with Crippen LogP contribution < -0.4 is 10.5 Å². The maximum absolute atomic E-state index is 11.4. The van der Waals surface area contributed by atoms with E-state index >= 15 is 0 Å². The van der Waals surface area contributed by atoms with Crippen LogP contribution in [0.15, 0.2) is 17.1 Å². The molecule has 0 radical (unpaired) electrons. The van der Waals surface area contributed by atoms with Gasteiger partial charge in [-0.15, -0.1) is 0 Å². The van der Waals surface area contributed by atoms with Crippen LogP contribution in [0.25, 0.3) is 0 Å². The molecule has 7 heteroatoms. The lowest BCUT2D eigenvalue weighted by Crippen LogP contribution is -2.47. The van der Waals surface area contributed by atoms with E-state index in [0.29, 0.717) is 12.2 Å². The summed E-state index contributed by atoms with van der Waals surface area (Å²) in [6.07, 6.45) is 1.54.